The Bertz CT molecular complexity index is 1170. The number of fused-ring (bicyclic) bond motifs is 1. The highest BCUT2D eigenvalue weighted by Crippen LogP contribution is 2.49. The van der Waals surface area contributed by atoms with Crippen LogP contribution in [0, 0.1) is 6.92 Å². The zero-order chi connectivity index (χ0) is 22.3. The first kappa shape index (κ1) is 21.0. The zero-order valence-electron chi connectivity index (χ0n) is 18.3. The quantitative estimate of drug-likeness (QED) is 0.548. The predicted octanol–water partition coefficient (Wildman–Crippen LogP) is 3.21. The molecule has 1 aliphatic carbocycles. The molecule has 1 aromatic heterocycles. The summed E-state index contributed by atoms with van der Waals surface area (Å²) < 4.78 is 11.5. The number of methoxy groups -OCH3 is 1. The standard InChI is InChI=1S/C25H26N3O3Si/c1-15-5-6-16(31-24(32)21-7-11-27-21)12-19(15)23(29)28-25(8-9-25)20-13-17(30-2)14-22-18(20)4-3-10-26-22/h3-6,10,12-14,21,24,27H,7-9,11H2,1-2H3,(H,28,29)/t21-,24?/m0/s1. The van der Waals surface area contributed by atoms with Crippen molar-refractivity contribution in [3.63, 3.8) is 0 Å². The number of aryl methyl sites for hydroxylation is 1. The van der Waals surface area contributed by atoms with Crippen molar-refractivity contribution < 1.29 is 14.3 Å². The molecule has 7 heteroatoms. The van der Waals surface area contributed by atoms with Gasteiger partial charge in [-0.2, -0.15) is 0 Å². The summed E-state index contributed by atoms with van der Waals surface area (Å²) in [6.07, 6.45) is 4.59. The first-order chi connectivity index (χ1) is 15.5. The Kier molecular flexibility index (Phi) is 5.39. The molecule has 5 rings (SSSR count). The lowest BCUT2D eigenvalue weighted by Gasteiger charge is -2.33. The molecular formula is C25H26N3O3Si. The second-order valence-corrected chi connectivity index (χ2v) is 9.21. The van der Waals surface area contributed by atoms with E-state index in [1.165, 1.54) is 0 Å². The van der Waals surface area contributed by atoms with E-state index in [0.717, 1.165) is 53.6 Å². The van der Waals surface area contributed by atoms with Crippen molar-refractivity contribution in [2.45, 2.75) is 43.5 Å². The second kappa shape index (κ2) is 8.22. The molecule has 163 valence electrons. The van der Waals surface area contributed by atoms with Gasteiger partial charge in [-0.25, -0.2) is 0 Å². The number of carbonyl (C=O) groups is 1. The average molecular weight is 445 g/mol. The number of aromatic nitrogens is 1. The van der Waals surface area contributed by atoms with E-state index >= 15 is 0 Å². The van der Waals surface area contributed by atoms with Crippen LogP contribution in [0.1, 0.15) is 40.7 Å². The molecule has 1 unspecified atom stereocenters. The lowest BCUT2D eigenvalue weighted by atomic mass is 9.97. The third-order valence-electron chi connectivity index (χ3n) is 6.49. The van der Waals surface area contributed by atoms with Gasteiger partial charge in [0, 0.05) is 29.3 Å². The van der Waals surface area contributed by atoms with Gasteiger partial charge in [0.1, 0.15) is 11.5 Å². The maximum Gasteiger partial charge on any atom is 0.252 e. The first-order valence-electron chi connectivity index (χ1n) is 11.0. The van der Waals surface area contributed by atoms with Crippen molar-refractivity contribution in [3.05, 3.63) is 65.4 Å². The highest BCUT2D eigenvalue weighted by molar-refractivity contribution is 6.11. The third kappa shape index (κ3) is 3.87. The fraction of sp³-hybridized carbons (Fsp3) is 0.360. The summed E-state index contributed by atoms with van der Waals surface area (Å²) in [7, 11) is 5.30. The fourth-order valence-corrected chi connectivity index (χ4v) is 4.68. The van der Waals surface area contributed by atoms with Gasteiger partial charge in [-0.05, 0) is 68.1 Å². The maximum absolute atomic E-state index is 13.4. The Labute approximate surface area is 191 Å². The van der Waals surface area contributed by atoms with Crippen LogP contribution in [0.5, 0.6) is 11.5 Å². The number of hydrogen-bond donors (Lipinski definition) is 2. The van der Waals surface area contributed by atoms with Crippen molar-refractivity contribution in [2.75, 3.05) is 13.7 Å². The third-order valence-corrected chi connectivity index (χ3v) is 7.01. The minimum atomic E-state index is -0.413. The van der Waals surface area contributed by atoms with Crippen LogP contribution in [0.2, 0.25) is 0 Å². The highest BCUT2D eigenvalue weighted by Gasteiger charge is 2.47. The van der Waals surface area contributed by atoms with Gasteiger partial charge in [-0.1, -0.05) is 12.1 Å². The molecule has 3 radical (unpaired) electrons. The summed E-state index contributed by atoms with van der Waals surface area (Å²) in [6.45, 7) is 2.95. The van der Waals surface area contributed by atoms with E-state index in [9.17, 15) is 4.79 Å². The molecule has 2 atom stereocenters. The van der Waals surface area contributed by atoms with Gasteiger partial charge in [0.2, 0.25) is 0 Å². The lowest BCUT2D eigenvalue weighted by molar-refractivity contribution is 0.0929. The zero-order valence-corrected chi connectivity index (χ0v) is 19.3. The molecule has 32 heavy (non-hydrogen) atoms. The number of ether oxygens (including phenoxy) is 2. The Hall–Kier alpha value is -2.90. The van der Waals surface area contributed by atoms with Crippen LogP contribution in [-0.4, -0.2) is 46.6 Å². The van der Waals surface area contributed by atoms with E-state index in [1.54, 1.807) is 13.3 Å². The molecule has 2 heterocycles. The molecule has 2 aromatic carbocycles. The molecule has 0 bridgehead atoms. The molecule has 1 aliphatic heterocycles. The molecule has 2 N–H and O–H groups in total. The summed E-state index contributed by atoms with van der Waals surface area (Å²) in [5, 5.41) is 7.67. The van der Waals surface area contributed by atoms with Crippen molar-refractivity contribution in [1.82, 2.24) is 15.6 Å². The van der Waals surface area contributed by atoms with Gasteiger partial charge >= 0.3 is 0 Å². The van der Waals surface area contributed by atoms with Crippen molar-refractivity contribution >= 4 is 27.1 Å². The van der Waals surface area contributed by atoms with Crippen LogP contribution in [0.4, 0.5) is 0 Å². The first-order valence-corrected chi connectivity index (χ1v) is 11.5. The molecule has 2 fully saturated rings. The fourth-order valence-electron chi connectivity index (χ4n) is 4.26. The molecule has 1 saturated heterocycles. The topological polar surface area (TPSA) is 72.5 Å². The summed E-state index contributed by atoms with van der Waals surface area (Å²) in [5.41, 5.74) is 2.91. The Morgan fingerprint density at radius 2 is 2.06 bits per heavy atom. The number of hydrogen-bond acceptors (Lipinski definition) is 5. The van der Waals surface area contributed by atoms with Crippen molar-refractivity contribution in [2.24, 2.45) is 0 Å². The minimum absolute atomic E-state index is 0.0995. The van der Waals surface area contributed by atoms with E-state index in [0.29, 0.717) is 11.3 Å². The van der Waals surface area contributed by atoms with Crippen molar-refractivity contribution in [1.29, 1.82) is 0 Å². The average Bonchev–Trinajstić information content (AvgIpc) is 3.53. The van der Waals surface area contributed by atoms with Crippen molar-refractivity contribution in [3.8, 4) is 11.5 Å². The van der Waals surface area contributed by atoms with E-state index < -0.39 is 5.54 Å². The van der Waals surface area contributed by atoms with E-state index in [-0.39, 0.29) is 17.7 Å². The van der Waals surface area contributed by atoms with E-state index in [4.69, 9.17) is 9.47 Å². The molecular weight excluding hydrogens is 418 g/mol. The van der Waals surface area contributed by atoms with Gasteiger partial charge in [-0.15, -0.1) is 0 Å². The number of pyridine rings is 1. The van der Waals surface area contributed by atoms with E-state index in [1.807, 2.05) is 49.4 Å². The Morgan fingerprint density at radius 1 is 1.25 bits per heavy atom. The van der Waals surface area contributed by atoms with Gasteiger partial charge < -0.3 is 20.1 Å². The molecule has 3 aromatic rings. The largest absolute Gasteiger partial charge is 0.497 e. The Balaban J connectivity index is 1.42. The Morgan fingerprint density at radius 3 is 2.75 bits per heavy atom. The number of amides is 1. The van der Waals surface area contributed by atoms with Gasteiger partial charge in [-0.3, -0.25) is 9.78 Å². The monoisotopic (exact) mass is 444 g/mol. The van der Waals surface area contributed by atoms with Crippen LogP contribution < -0.4 is 20.1 Å². The SMILES string of the molecule is COc1cc(C2(NC(=O)c3cc(OC([Si])[C@@H]4CCN4)ccc3C)CC2)c2cccnc2c1. The molecule has 1 amide bonds. The van der Waals surface area contributed by atoms with Crippen LogP contribution in [-0.2, 0) is 5.54 Å². The maximum atomic E-state index is 13.4. The van der Waals surface area contributed by atoms with Crippen LogP contribution in [0.25, 0.3) is 10.9 Å². The number of benzene rings is 2. The number of nitrogens with one attached hydrogen (secondary N) is 2. The lowest BCUT2D eigenvalue weighted by Crippen LogP contribution is -2.53. The molecule has 0 spiro atoms. The van der Waals surface area contributed by atoms with E-state index in [2.05, 4.69) is 25.9 Å². The van der Waals surface area contributed by atoms with Crippen LogP contribution in [0.15, 0.2) is 48.7 Å². The summed E-state index contributed by atoms with van der Waals surface area (Å²) >= 11 is 0. The number of carbonyl (C=O) groups excluding carboxylic acids is 1. The minimum Gasteiger partial charge on any atom is -0.497 e. The normalized spacial score (nSPS) is 19.7. The summed E-state index contributed by atoms with van der Waals surface area (Å²) in [4.78, 5) is 17.9. The molecule has 1 saturated carbocycles. The predicted molar refractivity (Wildman–Crippen MR) is 124 cm³/mol. The summed E-state index contributed by atoms with van der Waals surface area (Å²) in [5.74, 6) is 1.32. The van der Waals surface area contributed by atoms with Crippen LogP contribution >= 0.6 is 0 Å². The molecule has 2 aliphatic rings. The molecule has 6 nitrogen and oxygen atoms in total. The number of rotatable bonds is 7. The highest BCUT2D eigenvalue weighted by atomic mass is 28.1. The van der Waals surface area contributed by atoms with Crippen LogP contribution in [0.3, 0.4) is 0 Å². The van der Waals surface area contributed by atoms with Gasteiger partial charge in [0.15, 0.2) is 0 Å². The second-order valence-electron chi connectivity index (χ2n) is 8.65. The van der Waals surface area contributed by atoms with Gasteiger partial charge in [0.05, 0.1) is 34.1 Å². The summed E-state index contributed by atoms with van der Waals surface area (Å²) in [6, 6.07) is 13.9. The van der Waals surface area contributed by atoms with Gasteiger partial charge in [0.25, 0.3) is 5.91 Å². The smallest absolute Gasteiger partial charge is 0.252 e. The number of nitrogens with zero attached hydrogens (tertiary/aromatic N) is 1.